The molecular formula is C20H29NO. The molecule has 0 fully saturated rings. The van der Waals surface area contributed by atoms with E-state index in [1.807, 2.05) is 0 Å². The molecule has 0 spiro atoms. The second-order valence-corrected chi connectivity index (χ2v) is 6.81. The number of nitrogens with one attached hydrogen (secondary N) is 1. The van der Waals surface area contributed by atoms with Crippen molar-refractivity contribution in [2.45, 2.75) is 65.7 Å². The van der Waals surface area contributed by atoms with Gasteiger partial charge < -0.3 is 4.98 Å². The number of hydrogen-bond donors (Lipinski definition) is 1. The highest BCUT2D eigenvalue weighted by Crippen LogP contribution is 2.23. The highest BCUT2D eigenvalue weighted by Gasteiger charge is 2.12. The van der Waals surface area contributed by atoms with Crippen molar-refractivity contribution in [3.8, 4) is 0 Å². The summed E-state index contributed by atoms with van der Waals surface area (Å²) < 4.78 is 0. The fourth-order valence-corrected chi connectivity index (χ4v) is 2.83. The van der Waals surface area contributed by atoms with E-state index in [0.717, 1.165) is 23.0 Å². The Balaban J connectivity index is 2.25. The van der Waals surface area contributed by atoms with E-state index in [-0.39, 0.29) is 5.43 Å². The largest absolute Gasteiger partial charge is 0.358 e. The number of hydrogen-bond acceptors (Lipinski definition) is 1. The molecule has 0 saturated carbocycles. The summed E-state index contributed by atoms with van der Waals surface area (Å²) in [5, 5.41) is 0.827. The van der Waals surface area contributed by atoms with Gasteiger partial charge in [0.05, 0.1) is 0 Å². The van der Waals surface area contributed by atoms with Gasteiger partial charge in [0.15, 0.2) is 5.43 Å². The van der Waals surface area contributed by atoms with Crippen molar-refractivity contribution in [1.29, 1.82) is 0 Å². The van der Waals surface area contributed by atoms with Crippen LogP contribution in [0.25, 0.3) is 10.9 Å². The lowest BCUT2D eigenvalue weighted by Gasteiger charge is -2.16. The number of pyridine rings is 1. The molecule has 0 bridgehead atoms. The van der Waals surface area contributed by atoms with Gasteiger partial charge in [-0.15, -0.1) is 0 Å². The standard InChI is InChI=1S/C20H29NO/c1-5-6-7-8-9-16-10-11-18-17(12-16)20(22)13-19(21-18)15(4)14(2)3/h10-15H,5-9H2,1-4H3,(H,21,22). The van der Waals surface area contributed by atoms with Crippen molar-refractivity contribution in [3.63, 3.8) is 0 Å². The van der Waals surface area contributed by atoms with E-state index in [2.05, 4.69) is 50.9 Å². The van der Waals surface area contributed by atoms with Crippen LogP contribution in [0.3, 0.4) is 0 Å². The van der Waals surface area contributed by atoms with E-state index in [1.165, 1.54) is 31.2 Å². The predicted molar refractivity (Wildman–Crippen MR) is 95.7 cm³/mol. The zero-order valence-corrected chi connectivity index (χ0v) is 14.4. The zero-order chi connectivity index (χ0) is 16.1. The quantitative estimate of drug-likeness (QED) is 0.681. The fourth-order valence-electron chi connectivity index (χ4n) is 2.83. The first-order valence-corrected chi connectivity index (χ1v) is 8.68. The van der Waals surface area contributed by atoms with Crippen molar-refractivity contribution in [3.05, 3.63) is 45.7 Å². The molecule has 22 heavy (non-hydrogen) atoms. The smallest absolute Gasteiger partial charge is 0.189 e. The Kier molecular flexibility index (Phi) is 5.82. The number of unbranched alkanes of at least 4 members (excludes halogenated alkanes) is 3. The van der Waals surface area contributed by atoms with Gasteiger partial charge in [-0.05, 0) is 42.4 Å². The average Bonchev–Trinajstić information content (AvgIpc) is 2.51. The first kappa shape index (κ1) is 16.8. The van der Waals surface area contributed by atoms with Crippen molar-refractivity contribution >= 4 is 10.9 Å². The third kappa shape index (κ3) is 4.00. The van der Waals surface area contributed by atoms with Gasteiger partial charge in [-0.2, -0.15) is 0 Å². The minimum Gasteiger partial charge on any atom is -0.358 e. The number of H-pyrrole nitrogens is 1. The van der Waals surface area contributed by atoms with Crippen molar-refractivity contribution in [1.82, 2.24) is 4.98 Å². The van der Waals surface area contributed by atoms with Crippen LogP contribution in [0.2, 0.25) is 0 Å². The van der Waals surface area contributed by atoms with E-state index in [4.69, 9.17) is 0 Å². The lowest BCUT2D eigenvalue weighted by Crippen LogP contribution is -2.11. The van der Waals surface area contributed by atoms with E-state index < -0.39 is 0 Å². The molecule has 2 aromatic rings. The molecule has 2 nitrogen and oxygen atoms in total. The van der Waals surface area contributed by atoms with Crippen LogP contribution in [0.5, 0.6) is 0 Å². The Morgan fingerprint density at radius 2 is 1.82 bits per heavy atom. The Hall–Kier alpha value is -1.57. The van der Waals surface area contributed by atoms with Gasteiger partial charge in [-0.1, -0.05) is 53.0 Å². The molecule has 0 saturated heterocycles. The van der Waals surface area contributed by atoms with Gasteiger partial charge >= 0.3 is 0 Å². The average molecular weight is 299 g/mol. The number of fused-ring (bicyclic) bond motifs is 1. The maximum atomic E-state index is 12.4. The molecule has 0 aliphatic carbocycles. The monoisotopic (exact) mass is 299 g/mol. The van der Waals surface area contributed by atoms with E-state index in [9.17, 15) is 4.79 Å². The van der Waals surface area contributed by atoms with E-state index in [0.29, 0.717) is 11.8 Å². The molecule has 1 unspecified atom stereocenters. The topological polar surface area (TPSA) is 32.9 Å². The van der Waals surface area contributed by atoms with E-state index >= 15 is 0 Å². The predicted octanol–water partition coefficient (Wildman–Crippen LogP) is 5.41. The van der Waals surface area contributed by atoms with Crippen LogP contribution >= 0.6 is 0 Å². The number of benzene rings is 1. The molecular weight excluding hydrogens is 270 g/mol. The zero-order valence-electron chi connectivity index (χ0n) is 14.4. The summed E-state index contributed by atoms with van der Waals surface area (Å²) in [5.41, 5.74) is 3.43. The highest BCUT2D eigenvalue weighted by molar-refractivity contribution is 5.79. The van der Waals surface area contributed by atoms with Crippen LogP contribution in [-0.2, 0) is 6.42 Å². The molecule has 120 valence electrons. The SMILES string of the molecule is CCCCCCc1ccc2[nH]c(C(C)C(C)C)cc(=O)c2c1. The van der Waals surface area contributed by atoms with Gasteiger partial charge in [0, 0.05) is 22.7 Å². The van der Waals surface area contributed by atoms with Gasteiger partial charge in [0.1, 0.15) is 0 Å². The van der Waals surface area contributed by atoms with Gasteiger partial charge in [-0.3, -0.25) is 4.79 Å². The Bertz CT molecular complexity index is 669. The van der Waals surface area contributed by atoms with Crippen LogP contribution < -0.4 is 5.43 Å². The number of aromatic amines is 1. The maximum absolute atomic E-state index is 12.4. The molecule has 2 heteroatoms. The minimum atomic E-state index is 0.145. The van der Waals surface area contributed by atoms with Gasteiger partial charge in [0.25, 0.3) is 0 Å². The number of aryl methyl sites for hydroxylation is 1. The molecule has 1 heterocycles. The van der Waals surface area contributed by atoms with Crippen LogP contribution in [0, 0.1) is 5.92 Å². The Labute approximate surface area is 134 Å². The van der Waals surface area contributed by atoms with E-state index in [1.54, 1.807) is 6.07 Å². The number of aromatic nitrogens is 1. The summed E-state index contributed by atoms with van der Waals surface area (Å²) in [4.78, 5) is 15.9. The van der Waals surface area contributed by atoms with Crippen molar-refractivity contribution in [2.75, 3.05) is 0 Å². The molecule has 1 atom stereocenters. The summed E-state index contributed by atoms with van der Waals surface area (Å²) in [6.07, 6.45) is 6.10. The first-order valence-electron chi connectivity index (χ1n) is 8.68. The maximum Gasteiger partial charge on any atom is 0.189 e. The summed E-state index contributed by atoms with van der Waals surface area (Å²) in [7, 11) is 0. The molecule has 1 N–H and O–H groups in total. The van der Waals surface area contributed by atoms with Gasteiger partial charge in [-0.25, -0.2) is 0 Å². The Morgan fingerprint density at radius 3 is 2.50 bits per heavy atom. The first-order chi connectivity index (χ1) is 10.5. The van der Waals surface area contributed by atoms with Crippen molar-refractivity contribution < 1.29 is 0 Å². The van der Waals surface area contributed by atoms with Crippen molar-refractivity contribution in [2.24, 2.45) is 5.92 Å². The third-order valence-corrected chi connectivity index (χ3v) is 4.72. The fraction of sp³-hybridized carbons (Fsp3) is 0.550. The molecule has 0 aliphatic rings. The molecule has 0 amide bonds. The Morgan fingerprint density at radius 1 is 1.05 bits per heavy atom. The van der Waals surface area contributed by atoms with Gasteiger partial charge in [0.2, 0.25) is 0 Å². The third-order valence-electron chi connectivity index (χ3n) is 4.72. The molecule has 2 rings (SSSR count). The normalized spacial score (nSPS) is 13.0. The summed E-state index contributed by atoms with van der Waals surface area (Å²) >= 11 is 0. The second kappa shape index (κ2) is 7.62. The highest BCUT2D eigenvalue weighted by atomic mass is 16.1. The molecule has 0 radical (unpaired) electrons. The molecule has 0 aliphatic heterocycles. The molecule has 1 aromatic heterocycles. The second-order valence-electron chi connectivity index (χ2n) is 6.81. The summed E-state index contributed by atoms with van der Waals surface area (Å²) in [5.74, 6) is 0.886. The lowest BCUT2D eigenvalue weighted by molar-refractivity contribution is 0.524. The van der Waals surface area contributed by atoms with Crippen LogP contribution in [-0.4, -0.2) is 4.98 Å². The van der Waals surface area contributed by atoms with Crippen LogP contribution in [0.1, 0.15) is 70.6 Å². The molecule has 1 aromatic carbocycles. The summed E-state index contributed by atoms with van der Waals surface area (Å²) in [6.45, 7) is 8.77. The number of rotatable bonds is 7. The van der Waals surface area contributed by atoms with Crippen LogP contribution in [0.4, 0.5) is 0 Å². The summed E-state index contributed by atoms with van der Waals surface area (Å²) in [6, 6.07) is 8.09. The lowest BCUT2D eigenvalue weighted by atomic mass is 9.93. The minimum absolute atomic E-state index is 0.145. The van der Waals surface area contributed by atoms with Crippen LogP contribution in [0.15, 0.2) is 29.1 Å².